The number of benzene rings is 4. The number of nitrogens with zero attached hydrogens (tertiary/aromatic N) is 2. The third kappa shape index (κ3) is 3.28. The van der Waals surface area contributed by atoms with Crippen LogP contribution in [0.25, 0.3) is 32.6 Å². The van der Waals surface area contributed by atoms with Gasteiger partial charge >= 0.3 is 0 Å². The average Bonchev–Trinajstić information content (AvgIpc) is 3.21. The van der Waals surface area contributed by atoms with Gasteiger partial charge in [0, 0.05) is 13.5 Å². The molecule has 0 saturated heterocycles. The Hall–Kier alpha value is -3.13. The van der Waals surface area contributed by atoms with Gasteiger partial charge in [0.2, 0.25) is 0 Å². The van der Waals surface area contributed by atoms with Crippen LogP contribution >= 0.6 is 0 Å². The molecule has 0 unspecified atom stereocenters. The Morgan fingerprint density at radius 1 is 0.421 bits per heavy atom. The van der Waals surface area contributed by atoms with Crippen LogP contribution in [0.1, 0.15) is 83.7 Å². The zero-order chi connectivity index (χ0) is 28.1. The van der Waals surface area contributed by atoms with Crippen molar-refractivity contribution >= 4 is 32.6 Å². The lowest BCUT2D eigenvalue weighted by molar-refractivity contribution is 0.837. The van der Waals surface area contributed by atoms with Gasteiger partial charge in [-0.3, -0.25) is 0 Å². The molecule has 2 nitrogen and oxygen atoms in total. The number of aromatic nitrogens is 2. The summed E-state index contributed by atoms with van der Waals surface area (Å²) >= 11 is 0. The minimum absolute atomic E-state index is 0.845. The number of fused-ring (bicyclic) bond motifs is 3. The van der Waals surface area contributed by atoms with Gasteiger partial charge in [-0.2, -0.15) is 0 Å². The van der Waals surface area contributed by atoms with Crippen LogP contribution in [0, 0.1) is 90.0 Å². The lowest BCUT2D eigenvalue weighted by Crippen LogP contribution is -2.07. The van der Waals surface area contributed by atoms with Gasteiger partial charge in [-0.15, -0.1) is 0 Å². The number of imidazole rings is 1. The maximum Gasteiger partial charge on any atom is 0.114 e. The Morgan fingerprint density at radius 3 is 1.32 bits per heavy atom. The smallest absolute Gasteiger partial charge is 0.114 e. The fraction of sp³-hybridized carbons (Fsp3) is 0.417. The van der Waals surface area contributed by atoms with Gasteiger partial charge in [-0.1, -0.05) is 0 Å². The van der Waals surface area contributed by atoms with Crippen molar-refractivity contribution in [3.63, 3.8) is 0 Å². The van der Waals surface area contributed by atoms with E-state index in [2.05, 4.69) is 102 Å². The van der Waals surface area contributed by atoms with Crippen LogP contribution in [-0.2, 0) is 13.5 Å². The van der Waals surface area contributed by atoms with Crippen molar-refractivity contribution in [1.82, 2.24) is 9.55 Å². The minimum Gasteiger partial charge on any atom is -0.331 e. The Kier molecular flexibility index (Phi) is 6.06. The molecular weight excluding hydrogens is 460 g/mol. The lowest BCUT2D eigenvalue weighted by Gasteiger charge is -2.25. The van der Waals surface area contributed by atoms with Crippen molar-refractivity contribution in [2.45, 2.75) is 96.4 Å². The van der Waals surface area contributed by atoms with E-state index in [9.17, 15) is 0 Å². The molecule has 5 rings (SSSR count). The van der Waals surface area contributed by atoms with Crippen molar-refractivity contribution in [3.05, 3.63) is 83.7 Å². The molecular formula is C36H44N2. The second kappa shape index (κ2) is 8.70. The normalized spacial score (nSPS) is 12.1. The van der Waals surface area contributed by atoms with Gasteiger partial charge in [0.15, 0.2) is 0 Å². The van der Waals surface area contributed by atoms with Crippen molar-refractivity contribution in [2.24, 2.45) is 7.05 Å². The lowest BCUT2D eigenvalue weighted by atomic mass is 9.80. The molecule has 0 saturated carbocycles. The van der Waals surface area contributed by atoms with Gasteiger partial charge < -0.3 is 4.57 Å². The molecule has 0 radical (unpaired) electrons. The first-order valence-corrected chi connectivity index (χ1v) is 14.0. The molecule has 38 heavy (non-hydrogen) atoms. The summed E-state index contributed by atoms with van der Waals surface area (Å²) in [5.41, 5.74) is 22.1. The van der Waals surface area contributed by atoms with E-state index in [1.807, 2.05) is 0 Å². The molecule has 0 spiro atoms. The molecule has 198 valence electrons. The summed E-state index contributed by atoms with van der Waals surface area (Å²) in [6.07, 6.45) is 0.845. The first kappa shape index (κ1) is 26.5. The topological polar surface area (TPSA) is 17.8 Å². The fourth-order valence-electron chi connectivity index (χ4n) is 7.39. The Labute approximate surface area is 229 Å². The van der Waals surface area contributed by atoms with E-state index >= 15 is 0 Å². The number of aryl methyl sites for hydroxylation is 9. The maximum atomic E-state index is 5.26. The van der Waals surface area contributed by atoms with E-state index in [-0.39, 0.29) is 0 Å². The summed E-state index contributed by atoms with van der Waals surface area (Å²) < 4.78 is 2.35. The molecule has 5 aromatic rings. The predicted octanol–water partition coefficient (Wildman–Crippen LogP) is 9.48. The van der Waals surface area contributed by atoms with Crippen LogP contribution < -0.4 is 0 Å². The molecule has 0 aliphatic heterocycles. The van der Waals surface area contributed by atoms with E-state index in [0.29, 0.717) is 0 Å². The Balaban J connectivity index is 1.86. The van der Waals surface area contributed by atoms with Crippen LogP contribution in [-0.4, -0.2) is 9.55 Å². The third-order valence-corrected chi connectivity index (χ3v) is 10.6. The van der Waals surface area contributed by atoms with Crippen LogP contribution in [0.5, 0.6) is 0 Å². The summed E-state index contributed by atoms with van der Waals surface area (Å²) in [4.78, 5) is 5.26. The molecule has 0 bridgehead atoms. The summed E-state index contributed by atoms with van der Waals surface area (Å²) in [6, 6.07) is 0. The maximum absolute atomic E-state index is 5.26. The molecule has 0 amide bonds. The standard InChI is InChI=1S/C36H44N2/c1-16-17(2)22(7)32-28(13)34-26(11)29(20(5)23(8)33(34)27(12)31(32)21(16)6)15-30-37-35-24(9)18(3)19(4)25(10)36(35)38(30)14/h15H2,1-14H3. The van der Waals surface area contributed by atoms with Crippen LogP contribution in [0.2, 0.25) is 0 Å². The second-order valence-electron chi connectivity index (χ2n) is 12.1. The van der Waals surface area contributed by atoms with Crippen LogP contribution in [0.3, 0.4) is 0 Å². The highest BCUT2D eigenvalue weighted by Crippen LogP contribution is 2.43. The monoisotopic (exact) mass is 504 g/mol. The quantitative estimate of drug-likeness (QED) is 0.219. The number of hydrogen-bond acceptors (Lipinski definition) is 1. The molecule has 0 fully saturated rings. The summed E-state index contributed by atoms with van der Waals surface area (Å²) in [5, 5.41) is 5.80. The number of hydrogen-bond donors (Lipinski definition) is 0. The van der Waals surface area contributed by atoms with Crippen LogP contribution in [0.4, 0.5) is 0 Å². The van der Waals surface area contributed by atoms with Gasteiger partial charge in [0.05, 0.1) is 11.0 Å². The predicted molar refractivity (Wildman–Crippen MR) is 167 cm³/mol. The molecule has 0 N–H and O–H groups in total. The van der Waals surface area contributed by atoms with Crippen molar-refractivity contribution in [1.29, 1.82) is 0 Å². The summed E-state index contributed by atoms with van der Waals surface area (Å²) in [7, 11) is 2.20. The molecule has 0 atom stereocenters. The molecule has 0 aliphatic carbocycles. The average molecular weight is 505 g/mol. The van der Waals surface area contributed by atoms with Gasteiger partial charge in [0.25, 0.3) is 0 Å². The first-order chi connectivity index (χ1) is 17.7. The zero-order valence-corrected chi connectivity index (χ0v) is 26.1. The first-order valence-electron chi connectivity index (χ1n) is 14.0. The highest BCUT2D eigenvalue weighted by atomic mass is 15.1. The molecule has 0 aliphatic rings. The summed E-state index contributed by atoms with van der Waals surface area (Å²) in [6.45, 7) is 29.8. The van der Waals surface area contributed by atoms with E-state index < -0.39 is 0 Å². The van der Waals surface area contributed by atoms with E-state index in [1.54, 1.807) is 0 Å². The molecule has 1 heterocycles. The zero-order valence-electron chi connectivity index (χ0n) is 26.1. The number of rotatable bonds is 2. The molecule has 4 aromatic carbocycles. The second-order valence-corrected chi connectivity index (χ2v) is 12.1. The molecule has 2 heteroatoms. The van der Waals surface area contributed by atoms with Crippen molar-refractivity contribution < 1.29 is 0 Å². The van der Waals surface area contributed by atoms with E-state index in [1.165, 1.54) is 105 Å². The van der Waals surface area contributed by atoms with Crippen molar-refractivity contribution in [3.8, 4) is 0 Å². The highest BCUT2D eigenvalue weighted by Gasteiger charge is 2.23. The van der Waals surface area contributed by atoms with Gasteiger partial charge in [-0.25, -0.2) is 4.98 Å². The largest absolute Gasteiger partial charge is 0.331 e. The Morgan fingerprint density at radius 2 is 0.816 bits per heavy atom. The van der Waals surface area contributed by atoms with Gasteiger partial charge in [0.1, 0.15) is 5.82 Å². The third-order valence-electron chi connectivity index (χ3n) is 10.6. The fourth-order valence-corrected chi connectivity index (χ4v) is 7.39. The minimum atomic E-state index is 0.845. The molecule has 1 aromatic heterocycles. The van der Waals surface area contributed by atoms with Gasteiger partial charge in [-0.05, 0) is 189 Å². The van der Waals surface area contributed by atoms with Crippen LogP contribution in [0.15, 0.2) is 0 Å². The highest BCUT2D eigenvalue weighted by molar-refractivity contribution is 6.11. The Bertz CT molecular complexity index is 1860. The van der Waals surface area contributed by atoms with Crippen molar-refractivity contribution in [2.75, 3.05) is 0 Å². The SMILES string of the molecule is Cc1c(C)c(C)c2c(nc(Cc3c(C)c(C)c4c(C)c5c(C)c(C)c(C)c(C)c5c(C)c4c3C)n2C)c1C. The van der Waals surface area contributed by atoms with E-state index in [4.69, 9.17) is 4.98 Å². The van der Waals surface area contributed by atoms with E-state index in [0.717, 1.165) is 17.8 Å². The summed E-state index contributed by atoms with van der Waals surface area (Å²) in [5.74, 6) is 1.15.